The van der Waals surface area contributed by atoms with Crippen LogP contribution in [0.4, 0.5) is 0 Å². The molecule has 5 nitrogen and oxygen atoms in total. The van der Waals surface area contributed by atoms with Gasteiger partial charge in [0, 0.05) is 13.1 Å². The van der Waals surface area contributed by atoms with Gasteiger partial charge in [0.1, 0.15) is 0 Å². The summed E-state index contributed by atoms with van der Waals surface area (Å²) in [6, 6.07) is 10.8. The molecule has 130 valence electrons. The summed E-state index contributed by atoms with van der Waals surface area (Å²) in [6.45, 7) is 9.04. The first-order valence-electron chi connectivity index (χ1n) is 8.55. The molecule has 5 heteroatoms. The Bertz CT molecular complexity index is 658. The van der Waals surface area contributed by atoms with Gasteiger partial charge in [-0.3, -0.25) is 4.99 Å². The highest BCUT2D eigenvalue weighted by Gasteiger charge is 2.10. The maximum Gasteiger partial charge on any atom is 0.191 e. The van der Waals surface area contributed by atoms with E-state index in [0.29, 0.717) is 12.5 Å². The largest absolute Gasteiger partial charge is 0.359 e. The van der Waals surface area contributed by atoms with Crippen LogP contribution >= 0.6 is 0 Å². The zero-order chi connectivity index (χ0) is 17.5. The van der Waals surface area contributed by atoms with Gasteiger partial charge >= 0.3 is 0 Å². The molecule has 1 unspecified atom stereocenters. The maximum absolute atomic E-state index is 5.34. The Hall–Kier alpha value is -2.30. The van der Waals surface area contributed by atoms with Crippen LogP contribution < -0.4 is 10.6 Å². The molecule has 1 atom stereocenters. The molecule has 1 aromatic carbocycles. The average Bonchev–Trinajstić information content (AvgIpc) is 3.07. The molecule has 0 saturated heterocycles. The normalized spacial score (nSPS) is 13.2. The highest BCUT2D eigenvalue weighted by Crippen LogP contribution is 2.15. The van der Waals surface area contributed by atoms with E-state index in [9.17, 15) is 0 Å². The molecule has 0 saturated carbocycles. The number of hydrogen-bond acceptors (Lipinski definition) is 3. The van der Waals surface area contributed by atoms with E-state index in [4.69, 9.17) is 4.52 Å². The van der Waals surface area contributed by atoms with Gasteiger partial charge in [-0.25, -0.2) is 0 Å². The molecular weight excluding hydrogens is 300 g/mol. The van der Waals surface area contributed by atoms with Gasteiger partial charge in [-0.05, 0) is 30.4 Å². The molecule has 0 aliphatic carbocycles. The summed E-state index contributed by atoms with van der Waals surface area (Å²) in [5, 5.41) is 10.7. The van der Waals surface area contributed by atoms with E-state index in [1.165, 1.54) is 11.1 Å². The van der Waals surface area contributed by atoms with E-state index in [-0.39, 0.29) is 6.04 Å². The van der Waals surface area contributed by atoms with Crippen molar-refractivity contribution in [3.63, 3.8) is 0 Å². The molecule has 0 amide bonds. The van der Waals surface area contributed by atoms with Crippen molar-refractivity contribution in [2.45, 2.75) is 52.6 Å². The summed E-state index contributed by atoms with van der Waals surface area (Å²) in [6.07, 6.45) is 1.06. The van der Waals surface area contributed by atoms with Crippen LogP contribution in [0, 0.1) is 0 Å². The van der Waals surface area contributed by atoms with Crippen LogP contribution in [0.1, 0.15) is 62.2 Å². The van der Waals surface area contributed by atoms with E-state index < -0.39 is 0 Å². The molecule has 0 radical (unpaired) electrons. The number of aryl methyl sites for hydroxylation is 1. The minimum atomic E-state index is 0.169. The van der Waals surface area contributed by atoms with Crippen LogP contribution in [0.5, 0.6) is 0 Å². The summed E-state index contributed by atoms with van der Waals surface area (Å²) in [5.74, 6) is 1.91. The summed E-state index contributed by atoms with van der Waals surface area (Å²) < 4.78 is 5.34. The minimum Gasteiger partial charge on any atom is -0.359 e. The summed E-state index contributed by atoms with van der Waals surface area (Å²) >= 11 is 0. The number of benzene rings is 1. The van der Waals surface area contributed by atoms with Crippen LogP contribution in [-0.2, 0) is 13.0 Å². The number of hydrogen-bond donors (Lipinski definition) is 2. The van der Waals surface area contributed by atoms with Crippen molar-refractivity contribution in [3.8, 4) is 0 Å². The fraction of sp³-hybridized carbons (Fsp3) is 0.474. The van der Waals surface area contributed by atoms with Gasteiger partial charge in [0.25, 0.3) is 0 Å². The van der Waals surface area contributed by atoms with Crippen molar-refractivity contribution in [2.24, 2.45) is 4.99 Å². The first-order valence-corrected chi connectivity index (χ1v) is 8.55. The van der Waals surface area contributed by atoms with Crippen molar-refractivity contribution in [3.05, 3.63) is 52.9 Å². The lowest BCUT2D eigenvalue weighted by Crippen LogP contribution is -2.38. The molecule has 1 aromatic heterocycles. The quantitative estimate of drug-likeness (QED) is 0.625. The molecule has 0 fully saturated rings. The first-order chi connectivity index (χ1) is 11.5. The highest BCUT2D eigenvalue weighted by molar-refractivity contribution is 5.80. The van der Waals surface area contributed by atoms with Gasteiger partial charge in [-0.15, -0.1) is 0 Å². The Labute approximate surface area is 144 Å². The van der Waals surface area contributed by atoms with E-state index in [0.717, 1.165) is 23.8 Å². The van der Waals surface area contributed by atoms with E-state index in [1.807, 2.05) is 6.07 Å². The number of nitrogens with one attached hydrogen (secondary N) is 2. The standard InChI is InChI=1S/C19H28N4O/c1-6-15-7-9-16(10-8-15)14(4)22-19(20-5)21-12-17-11-18(13(2)3)23-24-17/h7-11,13-14H,6,12H2,1-5H3,(H2,20,21,22). The SMILES string of the molecule is CCc1ccc(C(C)NC(=NC)NCc2cc(C(C)C)no2)cc1. The van der Waals surface area contributed by atoms with Crippen molar-refractivity contribution in [1.82, 2.24) is 15.8 Å². The summed E-state index contributed by atoms with van der Waals surface area (Å²) in [7, 11) is 1.77. The van der Waals surface area contributed by atoms with Crippen LogP contribution in [0.2, 0.25) is 0 Å². The molecule has 0 bridgehead atoms. The summed E-state index contributed by atoms with van der Waals surface area (Å²) in [4.78, 5) is 4.28. The van der Waals surface area contributed by atoms with Crippen molar-refractivity contribution in [1.29, 1.82) is 0 Å². The van der Waals surface area contributed by atoms with Crippen LogP contribution in [0.3, 0.4) is 0 Å². The Morgan fingerprint density at radius 3 is 2.46 bits per heavy atom. The molecule has 2 aromatic rings. The second-order valence-electron chi connectivity index (χ2n) is 6.26. The molecule has 0 aliphatic heterocycles. The Kier molecular flexibility index (Phi) is 6.41. The third-order valence-electron chi connectivity index (χ3n) is 4.06. The van der Waals surface area contributed by atoms with Gasteiger partial charge < -0.3 is 15.2 Å². The van der Waals surface area contributed by atoms with E-state index in [1.54, 1.807) is 7.05 Å². The predicted molar refractivity (Wildman–Crippen MR) is 98.2 cm³/mol. The zero-order valence-electron chi connectivity index (χ0n) is 15.3. The van der Waals surface area contributed by atoms with Crippen molar-refractivity contribution < 1.29 is 4.52 Å². The Balaban J connectivity index is 1.90. The number of nitrogens with zero attached hydrogens (tertiary/aromatic N) is 2. The van der Waals surface area contributed by atoms with E-state index in [2.05, 4.69) is 72.7 Å². The number of rotatable bonds is 6. The summed E-state index contributed by atoms with van der Waals surface area (Å²) in [5.41, 5.74) is 3.55. The number of aliphatic imine (C=N–C) groups is 1. The highest BCUT2D eigenvalue weighted by atomic mass is 16.5. The monoisotopic (exact) mass is 328 g/mol. The second kappa shape index (κ2) is 8.52. The van der Waals surface area contributed by atoms with E-state index >= 15 is 0 Å². The molecule has 2 rings (SSSR count). The zero-order valence-corrected chi connectivity index (χ0v) is 15.3. The first kappa shape index (κ1) is 18.0. The Morgan fingerprint density at radius 2 is 1.92 bits per heavy atom. The molecule has 24 heavy (non-hydrogen) atoms. The molecule has 0 aliphatic rings. The number of aromatic nitrogens is 1. The lowest BCUT2D eigenvalue weighted by molar-refractivity contribution is 0.371. The predicted octanol–water partition coefficient (Wildman–Crippen LogP) is 3.79. The molecular formula is C19H28N4O. The molecule has 0 spiro atoms. The van der Waals surface area contributed by atoms with Crippen LogP contribution in [-0.4, -0.2) is 18.2 Å². The lowest BCUT2D eigenvalue weighted by Gasteiger charge is -2.18. The molecule has 2 N–H and O–H groups in total. The third-order valence-corrected chi connectivity index (χ3v) is 4.06. The van der Waals surface area contributed by atoms with Crippen LogP contribution in [0.15, 0.2) is 39.8 Å². The fourth-order valence-corrected chi connectivity index (χ4v) is 2.38. The third kappa shape index (κ3) is 4.85. The Morgan fingerprint density at radius 1 is 1.21 bits per heavy atom. The van der Waals surface area contributed by atoms with Crippen LogP contribution in [0.25, 0.3) is 0 Å². The minimum absolute atomic E-state index is 0.169. The smallest absolute Gasteiger partial charge is 0.191 e. The molecule has 1 heterocycles. The van der Waals surface area contributed by atoms with Crippen molar-refractivity contribution in [2.75, 3.05) is 7.05 Å². The van der Waals surface area contributed by atoms with Crippen molar-refractivity contribution >= 4 is 5.96 Å². The maximum atomic E-state index is 5.34. The van der Waals surface area contributed by atoms with Gasteiger partial charge in [0.05, 0.1) is 18.3 Å². The fourth-order valence-electron chi connectivity index (χ4n) is 2.38. The van der Waals surface area contributed by atoms with Gasteiger partial charge in [0.15, 0.2) is 11.7 Å². The lowest BCUT2D eigenvalue weighted by atomic mass is 10.1. The second-order valence-corrected chi connectivity index (χ2v) is 6.26. The topological polar surface area (TPSA) is 62.5 Å². The average molecular weight is 328 g/mol. The van der Waals surface area contributed by atoms with Gasteiger partial charge in [0.2, 0.25) is 0 Å². The van der Waals surface area contributed by atoms with Gasteiger partial charge in [-0.2, -0.15) is 0 Å². The van der Waals surface area contributed by atoms with Gasteiger partial charge in [-0.1, -0.05) is 50.2 Å². The number of guanidine groups is 1.